The molecule has 1 heterocycles. The largest absolute Gasteiger partial charge is 0.380 e. The molecule has 2 aromatic rings. The SMILES string of the molecule is CCNC(=NCc1cccc(COC)c1)NC1CCN(c2c(F)cccc2F)C1. The number of anilines is 1. The second-order valence-corrected chi connectivity index (χ2v) is 7.09. The quantitative estimate of drug-likeness (QED) is 0.550. The Hall–Kier alpha value is -2.67. The van der Waals surface area contributed by atoms with Crippen LogP contribution in [0.1, 0.15) is 24.5 Å². The summed E-state index contributed by atoms with van der Waals surface area (Å²) in [6.45, 7) is 4.95. The third-order valence-corrected chi connectivity index (χ3v) is 4.85. The summed E-state index contributed by atoms with van der Waals surface area (Å²) in [7, 11) is 1.68. The molecule has 1 unspecified atom stereocenters. The van der Waals surface area contributed by atoms with E-state index >= 15 is 0 Å². The Morgan fingerprint density at radius 2 is 1.90 bits per heavy atom. The van der Waals surface area contributed by atoms with Crippen molar-refractivity contribution in [1.29, 1.82) is 0 Å². The van der Waals surface area contributed by atoms with Gasteiger partial charge in [-0.2, -0.15) is 0 Å². The van der Waals surface area contributed by atoms with Gasteiger partial charge in [0.2, 0.25) is 0 Å². The normalized spacial score (nSPS) is 16.9. The monoisotopic (exact) mass is 402 g/mol. The Bertz CT molecular complexity index is 823. The van der Waals surface area contributed by atoms with Crippen LogP contribution in [0.4, 0.5) is 14.5 Å². The number of nitrogens with zero attached hydrogens (tertiary/aromatic N) is 2. The average Bonchev–Trinajstić information content (AvgIpc) is 3.15. The molecule has 1 atom stereocenters. The summed E-state index contributed by atoms with van der Waals surface area (Å²) >= 11 is 0. The fourth-order valence-corrected chi connectivity index (χ4v) is 3.54. The molecule has 3 rings (SSSR count). The van der Waals surface area contributed by atoms with Gasteiger partial charge in [0.25, 0.3) is 0 Å². The summed E-state index contributed by atoms with van der Waals surface area (Å²) < 4.78 is 33.3. The number of aliphatic imine (C=N–C) groups is 1. The molecule has 29 heavy (non-hydrogen) atoms. The van der Waals surface area contributed by atoms with Gasteiger partial charge in [-0.15, -0.1) is 0 Å². The number of halogens is 2. The van der Waals surface area contributed by atoms with Crippen LogP contribution in [0.2, 0.25) is 0 Å². The fraction of sp³-hybridized carbons (Fsp3) is 0.409. The van der Waals surface area contributed by atoms with Crippen molar-refractivity contribution in [2.24, 2.45) is 4.99 Å². The number of nitrogens with one attached hydrogen (secondary N) is 2. The zero-order chi connectivity index (χ0) is 20.6. The summed E-state index contributed by atoms with van der Waals surface area (Å²) in [4.78, 5) is 6.42. The van der Waals surface area contributed by atoms with E-state index in [0.29, 0.717) is 32.2 Å². The van der Waals surface area contributed by atoms with Crippen LogP contribution in [0, 0.1) is 11.6 Å². The second-order valence-electron chi connectivity index (χ2n) is 7.09. The van der Waals surface area contributed by atoms with E-state index < -0.39 is 11.6 Å². The summed E-state index contributed by atoms with van der Waals surface area (Å²) in [5.74, 6) is -0.352. The van der Waals surface area contributed by atoms with E-state index in [1.807, 2.05) is 25.1 Å². The molecule has 0 aliphatic carbocycles. The molecule has 0 saturated carbocycles. The molecule has 1 aliphatic rings. The average molecular weight is 402 g/mol. The van der Waals surface area contributed by atoms with E-state index in [-0.39, 0.29) is 11.7 Å². The number of rotatable bonds is 7. The molecule has 0 amide bonds. The Kier molecular flexibility index (Phi) is 7.41. The summed E-state index contributed by atoms with van der Waals surface area (Å²) in [5, 5.41) is 6.64. The number of guanidine groups is 1. The van der Waals surface area contributed by atoms with Crippen LogP contribution < -0.4 is 15.5 Å². The van der Waals surface area contributed by atoms with Crippen LogP contribution in [0.15, 0.2) is 47.5 Å². The maximum atomic E-state index is 14.1. The van der Waals surface area contributed by atoms with Crippen LogP contribution in [0.25, 0.3) is 0 Å². The lowest BCUT2D eigenvalue weighted by Crippen LogP contribution is -2.44. The van der Waals surface area contributed by atoms with Crippen LogP contribution in [-0.4, -0.2) is 38.7 Å². The lowest BCUT2D eigenvalue weighted by molar-refractivity contribution is 0.185. The highest BCUT2D eigenvalue weighted by molar-refractivity contribution is 5.80. The maximum Gasteiger partial charge on any atom is 0.191 e. The van der Waals surface area contributed by atoms with Crippen molar-refractivity contribution in [3.63, 3.8) is 0 Å². The first kappa shape index (κ1) is 21.0. The van der Waals surface area contributed by atoms with Crippen molar-refractivity contribution < 1.29 is 13.5 Å². The van der Waals surface area contributed by atoms with Crippen LogP contribution in [0.5, 0.6) is 0 Å². The highest BCUT2D eigenvalue weighted by Crippen LogP contribution is 2.26. The first-order valence-electron chi connectivity index (χ1n) is 9.91. The topological polar surface area (TPSA) is 48.9 Å². The molecule has 5 nitrogen and oxygen atoms in total. The number of hydrogen-bond acceptors (Lipinski definition) is 3. The van der Waals surface area contributed by atoms with Gasteiger partial charge in [0, 0.05) is 32.8 Å². The smallest absolute Gasteiger partial charge is 0.191 e. The number of hydrogen-bond donors (Lipinski definition) is 2. The lowest BCUT2D eigenvalue weighted by Gasteiger charge is -2.21. The Balaban J connectivity index is 1.63. The van der Waals surface area contributed by atoms with Crippen molar-refractivity contribution in [3.05, 3.63) is 65.2 Å². The predicted octanol–water partition coefficient (Wildman–Crippen LogP) is 3.45. The van der Waals surface area contributed by atoms with Crippen molar-refractivity contribution in [2.45, 2.75) is 32.5 Å². The van der Waals surface area contributed by atoms with Crippen LogP contribution >= 0.6 is 0 Å². The van der Waals surface area contributed by atoms with E-state index in [4.69, 9.17) is 4.74 Å². The summed E-state index contributed by atoms with van der Waals surface area (Å²) in [6.07, 6.45) is 0.779. The summed E-state index contributed by atoms with van der Waals surface area (Å²) in [5.41, 5.74) is 2.25. The molecule has 7 heteroatoms. The van der Waals surface area contributed by atoms with E-state index in [1.54, 1.807) is 12.0 Å². The molecule has 2 N–H and O–H groups in total. The Morgan fingerprint density at radius 1 is 1.17 bits per heavy atom. The van der Waals surface area contributed by atoms with Gasteiger partial charge in [-0.3, -0.25) is 0 Å². The van der Waals surface area contributed by atoms with Gasteiger partial charge in [0.1, 0.15) is 17.3 Å². The highest BCUT2D eigenvalue weighted by atomic mass is 19.1. The molecular formula is C22H28F2N4O. The van der Waals surface area contributed by atoms with Crippen molar-refractivity contribution in [3.8, 4) is 0 Å². The molecule has 1 aliphatic heterocycles. The number of ether oxygens (including phenoxy) is 1. The van der Waals surface area contributed by atoms with Gasteiger partial charge in [0.15, 0.2) is 5.96 Å². The lowest BCUT2D eigenvalue weighted by atomic mass is 10.1. The van der Waals surface area contributed by atoms with Crippen molar-refractivity contribution >= 4 is 11.6 Å². The highest BCUT2D eigenvalue weighted by Gasteiger charge is 2.27. The molecule has 2 aromatic carbocycles. The third-order valence-electron chi connectivity index (χ3n) is 4.85. The van der Waals surface area contributed by atoms with Gasteiger partial charge in [-0.05, 0) is 36.6 Å². The first-order chi connectivity index (χ1) is 14.1. The molecule has 0 bridgehead atoms. The molecule has 0 radical (unpaired) electrons. The minimum Gasteiger partial charge on any atom is -0.380 e. The second kappa shape index (κ2) is 10.2. The van der Waals surface area contributed by atoms with Crippen LogP contribution in [-0.2, 0) is 17.9 Å². The van der Waals surface area contributed by atoms with Gasteiger partial charge >= 0.3 is 0 Å². The fourth-order valence-electron chi connectivity index (χ4n) is 3.54. The van der Waals surface area contributed by atoms with E-state index in [9.17, 15) is 8.78 Å². The minimum atomic E-state index is -0.526. The van der Waals surface area contributed by atoms with E-state index in [0.717, 1.165) is 24.1 Å². The van der Waals surface area contributed by atoms with Crippen molar-refractivity contribution in [2.75, 3.05) is 31.6 Å². The van der Waals surface area contributed by atoms with E-state index in [1.165, 1.54) is 18.2 Å². The maximum absolute atomic E-state index is 14.1. The zero-order valence-electron chi connectivity index (χ0n) is 16.9. The van der Waals surface area contributed by atoms with Gasteiger partial charge in [-0.25, -0.2) is 13.8 Å². The predicted molar refractivity (Wildman–Crippen MR) is 112 cm³/mol. The number of benzene rings is 2. The summed E-state index contributed by atoms with van der Waals surface area (Å²) in [6, 6.07) is 12.2. The standard InChI is InChI=1S/C22H28F2N4O/c1-3-25-22(26-13-16-6-4-7-17(12-16)15-29-2)27-18-10-11-28(14-18)21-19(23)8-5-9-20(21)24/h4-9,12,18H,3,10-11,13-15H2,1-2H3,(H2,25,26,27). The number of methoxy groups -OCH3 is 1. The van der Waals surface area contributed by atoms with Crippen molar-refractivity contribution in [1.82, 2.24) is 10.6 Å². The third kappa shape index (κ3) is 5.67. The molecule has 0 spiro atoms. The molecule has 1 fully saturated rings. The van der Waals surface area contributed by atoms with Gasteiger partial charge < -0.3 is 20.3 Å². The Labute approximate surface area is 170 Å². The van der Waals surface area contributed by atoms with Gasteiger partial charge in [-0.1, -0.05) is 30.3 Å². The Morgan fingerprint density at radius 3 is 2.62 bits per heavy atom. The van der Waals surface area contributed by atoms with Gasteiger partial charge in [0.05, 0.1) is 13.2 Å². The molecule has 1 saturated heterocycles. The molecular weight excluding hydrogens is 374 g/mol. The zero-order valence-corrected chi connectivity index (χ0v) is 16.9. The first-order valence-corrected chi connectivity index (χ1v) is 9.91. The number of para-hydroxylation sites is 1. The van der Waals surface area contributed by atoms with Crippen LogP contribution in [0.3, 0.4) is 0 Å². The molecule has 0 aromatic heterocycles. The van der Waals surface area contributed by atoms with E-state index in [2.05, 4.69) is 21.7 Å². The molecule has 156 valence electrons. The minimum absolute atomic E-state index is 0.0497.